The zero-order chi connectivity index (χ0) is 17.8. The van der Waals surface area contributed by atoms with Gasteiger partial charge in [-0.3, -0.25) is 0 Å². The third-order valence-corrected chi connectivity index (χ3v) is 5.20. The molecule has 1 saturated heterocycles. The van der Waals surface area contributed by atoms with Crippen LogP contribution < -0.4 is 5.32 Å². The number of nitrogens with zero attached hydrogens (tertiary/aromatic N) is 3. The summed E-state index contributed by atoms with van der Waals surface area (Å²) < 4.78 is 2.08. The number of hydrogen-bond acceptors (Lipinski definition) is 2. The molecule has 2 heterocycles. The molecule has 0 radical (unpaired) electrons. The van der Waals surface area contributed by atoms with E-state index in [9.17, 15) is 4.79 Å². The van der Waals surface area contributed by atoms with E-state index in [-0.39, 0.29) is 12.1 Å². The maximum atomic E-state index is 13.0. The van der Waals surface area contributed by atoms with Gasteiger partial charge in [-0.25, -0.2) is 9.78 Å². The van der Waals surface area contributed by atoms with Gasteiger partial charge < -0.3 is 14.8 Å². The molecule has 1 N–H and O–H groups in total. The molecule has 1 aliphatic rings. The number of fused-ring (bicyclic) bond motifs is 1. The van der Waals surface area contributed by atoms with E-state index in [0.717, 1.165) is 48.8 Å². The monoisotopic (exact) mass is 348 g/mol. The molecule has 0 saturated carbocycles. The van der Waals surface area contributed by atoms with Crippen molar-refractivity contribution in [3.63, 3.8) is 0 Å². The van der Waals surface area contributed by atoms with Crippen molar-refractivity contribution in [2.75, 3.05) is 11.9 Å². The Kier molecular flexibility index (Phi) is 4.86. The zero-order valence-electron chi connectivity index (χ0n) is 14.8. The van der Waals surface area contributed by atoms with Crippen LogP contribution in [-0.2, 0) is 6.54 Å². The van der Waals surface area contributed by atoms with Crippen molar-refractivity contribution in [1.82, 2.24) is 14.5 Å². The van der Waals surface area contributed by atoms with E-state index in [1.165, 1.54) is 6.42 Å². The number of imidazole rings is 1. The number of likely N-dealkylation sites (tertiary alicyclic amines) is 1. The third kappa shape index (κ3) is 3.57. The van der Waals surface area contributed by atoms with Gasteiger partial charge >= 0.3 is 6.03 Å². The van der Waals surface area contributed by atoms with Crippen LogP contribution in [0.3, 0.4) is 0 Å². The fraction of sp³-hybridized carbons (Fsp3) is 0.333. The first kappa shape index (κ1) is 16.6. The van der Waals surface area contributed by atoms with Crippen molar-refractivity contribution in [3.05, 3.63) is 61.2 Å². The lowest BCUT2D eigenvalue weighted by atomic mass is 9.99. The Morgan fingerprint density at radius 2 is 2.04 bits per heavy atom. The molecule has 3 aromatic rings. The molecule has 1 aliphatic heterocycles. The lowest BCUT2D eigenvalue weighted by Gasteiger charge is -2.36. The minimum absolute atomic E-state index is 0.0108. The van der Waals surface area contributed by atoms with E-state index in [1.54, 1.807) is 6.20 Å². The number of anilines is 1. The summed E-state index contributed by atoms with van der Waals surface area (Å²) in [5.41, 5.74) is 0.882. The lowest BCUT2D eigenvalue weighted by molar-refractivity contribution is 0.155. The number of aryl methyl sites for hydroxylation is 1. The molecule has 1 fully saturated rings. The van der Waals surface area contributed by atoms with Gasteiger partial charge in [-0.05, 0) is 37.1 Å². The quantitative estimate of drug-likeness (QED) is 0.754. The summed E-state index contributed by atoms with van der Waals surface area (Å²) in [7, 11) is 0. The highest BCUT2D eigenvalue weighted by molar-refractivity contribution is 6.01. The SMILES string of the molecule is O=C(Nc1cccc2ccccc12)N1CCCC[C@H]1CCn1ccnc1. The molecular formula is C21H24N4O. The van der Waals surface area contributed by atoms with Crippen LogP contribution in [0.5, 0.6) is 0 Å². The Morgan fingerprint density at radius 3 is 2.92 bits per heavy atom. The standard InChI is InChI=1S/C21H24N4O/c26-21(23-20-10-5-7-17-6-1-2-9-19(17)20)25-13-4-3-8-18(25)11-14-24-15-12-22-16-24/h1-2,5-7,9-10,12,15-16,18H,3-4,8,11,13-14H2,(H,23,26)/t18-/m0/s1. The summed E-state index contributed by atoms with van der Waals surface area (Å²) >= 11 is 0. The number of aromatic nitrogens is 2. The number of nitrogens with one attached hydrogen (secondary N) is 1. The number of rotatable bonds is 4. The average molecular weight is 348 g/mol. The number of hydrogen-bond donors (Lipinski definition) is 1. The van der Waals surface area contributed by atoms with E-state index < -0.39 is 0 Å². The van der Waals surface area contributed by atoms with Gasteiger partial charge in [-0.2, -0.15) is 0 Å². The topological polar surface area (TPSA) is 50.2 Å². The molecule has 0 spiro atoms. The molecule has 134 valence electrons. The zero-order valence-corrected chi connectivity index (χ0v) is 14.8. The van der Waals surface area contributed by atoms with Crippen molar-refractivity contribution < 1.29 is 4.79 Å². The molecule has 0 unspecified atom stereocenters. The van der Waals surface area contributed by atoms with Crippen LogP contribution in [0.4, 0.5) is 10.5 Å². The molecule has 4 rings (SSSR count). The van der Waals surface area contributed by atoms with Gasteiger partial charge in [0.2, 0.25) is 0 Å². The molecule has 0 aliphatic carbocycles. The summed E-state index contributed by atoms with van der Waals surface area (Å²) in [5, 5.41) is 5.36. The maximum Gasteiger partial charge on any atom is 0.322 e. The van der Waals surface area contributed by atoms with E-state index in [2.05, 4.69) is 33.1 Å². The van der Waals surface area contributed by atoms with E-state index >= 15 is 0 Å². The van der Waals surface area contributed by atoms with Crippen LogP contribution in [0.25, 0.3) is 10.8 Å². The van der Waals surface area contributed by atoms with Crippen molar-refractivity contribution in [2.45, 2.75) is 38.3 Å². The Hall–Kier alpha value is -2.82. The van der Waals surface area contributed by atoms with Gasteiger partial charge in [0, 0.05) is 36.9 Å². The number of piperidine rings is 1. The van der Waals surface area contributed by atoms with Gasteiger partial charge in [0.15, 0.2) is 0 Å². The first-order valence-corrected chi connectivity index (χ1v) is 9.32. The summed E-state index contributed by atoms with van der Waals surface area (Å²) in [6.07, 6.45) is 9.90. The van der Waals surface area contributed by atoms with Gasteiger partial charge in [0.25, 0.3) is 0 Å². The second-order valence-corrected chi connectivity index (χ2v) is 6.89. The molecule has 2 aromatic carbocycles. The summed E-state index contributed by atoms with van der Waals surface area (Å²) in [5.74, 6) is 0. The van der Waals surface area contributed by atoms with Crippen molar-refractivity contribution in [1.29, 1.82) is 0 Å². The highest BCUT2D eigenvalue weighted by Gasteiger charge is 2.26. The van der Waals surface area contributed by atoms with Crippen LogP contribution in [-0.4, -0.2) is 33.1 Å². The minimum atomic E-state index is 0.0108. The second-order valence-electron chi connectivity index (χ2n) is 6.89. The predicted molar refractivity (Wildman–Crippen MR) is 104 cm³/mol. The summed E-state index contributed by atoms with van der Waals surface area (Å²) in [4.78, 5) is 19.1. The van der Waals surface area contributed by atoms with Crippen molar-refractivity contribution >= 4 is 22.5 Å². The number of carbonyl (C=O) groups excluding carboxylic acids is 1. The Balaban J connectivity index is 1.48. The first-order valence-electron chi connectivity index (χ1n) is 9.32. The molecule has 26 heavy (non-hydrogen) atoms. The largest absolute Gasteiger partial charge is 0.337 e. The van der Waals surface area contributed by atoms with E-state index in [1.807, 2.05) is 41.7 Å². The maximum absolute atomic E-state index is 13.0. The van der Waals surface area contributed by atoms with Crippen molar-refractivity contribution in [3.8, 4) is 0 Å². The highest BCUT2D eigenvalue weighted by Crippen LogP contribution is 2.25. The van der Waals surface area contributed by atoms with Gasteiger partial charge in [0.05, 0.1) is 12.0 Å². The molecule has 5 nitrogen and oxygen atoms in total. The van der Waals surface area contributed by atoms with Gasteiger partial charge in [-0.15, -0.1) is 0 Å². The Morgan fingerprint density at radius 1 is 1.15 bits per heavy atom. The lowest BCUT2D eigenvalue weighted by Crippen LogP contribution is -2.46. The molecule has 1 atom stereocenters. The van der Waals surface area contributed by atoms with Crippen molar-refractivity contribution in [2.24, 2.45) is 0 Å². The molecule has 1 aromatic heterocycles. The van der Waals surface area contributed by atoms with Gasteiger partial charge in [-0.1, -0.05) is 36.4 Å². The molecule has 2 amide bonds. The van der Waals surface area contributed by atoms with Gasteiger partial charge in [0.1, 0.15) is 0 Å². The number of urea groups is 1. The first-order chi connectivity index (χ1) is 12.8. The Bertz CT molecular complexity index is 869. The second kappa shape index (κ2) is 7.60. The van der Waals surface area contributed by atoms with Crippen LogP contribution in [0, 0.1) is 0 Å². The smallest absolute Gasteiger partial charge is 0.322 e. The van der Waals surface area contributed by atoms with E-state index in [0.29, 0.717) is 0 Å². The fourth-order valence-electron chi connectivity index (χ4n) is 3.81. The Labute approximate surface area is 153 Å². The van der Waals surface area contributed by atoms with Crippen LogP contribution in [0.2, 0.25) is 0 Å². The van der Waals surface area contributed by atoms with Crippen LogP contribution in [0.1, 0.15) is 25.7 Å². The summed E-state index contributed by atoms with van der Waals surface area (Å²) in [6, 6.07) is 14.5. The highest BCUT2D eigenvalue weighted by atomic mass is 16.2. The molecular weight excluding hydrogens is 324 g/mol. The average Bonchev–Trinajstić information content (AvgIpc) is 3.20. The normalized spacial score (nSPS) is 17.4. The molecule has 0 bridgehead atoms. The fourth-order valence-corrected chi connectivity index (χ4v) is 3.81. The van der Waals surface area contributed by atoms with Crippen LogP contribution in [0.15, 0.2) is 61.2 Å². The molecule has 5 heteroatoms. The third-order valence-electron chi connectivity index (χ3n) is 5.20. The summed E-state index contributed by atoms with van der Waals surface area (Å²) in [6.45, 7) is 1.72. The number of benzene rings is 2. The van der Waals surface area contributed by atoms with Crippen LogP contribution >= 0.6 is 0 Å². The predicted octanol–water partition coefficient (Wildman–Crippen LogP) is 4.51. The minimum Gasteiger partial charge on any atom is -0.337 e. The number of amides is 2. The number of carbonyl (C=O) groups is 1. The van der Waals surface area contributed by atoms with E-state index in [4.69, 9.17) is 0 Å².